The Morgan fingerprint density at radius 1 is 1.40 bits per heavy atom. The van der Waals surface area contributed by atoms with Gasteiger partial charge in [0, 0.05) is 19.2 Å². The number of nitro benzene ring substituents is 1. The molecular weight excluding hydrogens is 194 g/mol. The van der Waals surface area contributed by atoms with Crippen molar-refractivity contribution in [3.05, 3.63) is 46.5 Å². The van der Waals surface area contributed by atoms with E-state index in [1.807, 2.05) is 6.08 Å². The molecule has 0 heterocycles. The number of nitro groups is 1. The van der Waals surface area contributed by atoms with Crippen LogP contribution in [0.5, 0.6) is 0 Å². The van der Waals surface area contributed by atoms with E-state index in [2.05, 4.69) is 5.32 Å². The van der Waals surface area contributed by atoms with Gasteiger partial charge in [-0.05, 0) is 6.07 Å². The van der Waals surface area contributed by atoms with Crippen LogP contribution in [-0.4, -0.2) is 18.0 Å². The van der Waals surface area contributed by atoms with Gasteiger partial charge in [-0.3, -0.25) is 10.1 Å². The fourth-order valence-electron chi connectivity index (χ4n) is 1.13. The zero-order chi connectivity index (χ0) is 11.1. The van der Waals surface area contributed by atoms with E-state index in [0.717, 1.165) is 0 Å². The van der Waals surface area contributed by atoms with Crippen molar-refractivity contribution in [2.45, 2.75) is 0 Å². The maximum Gasteiger partial charge on any atom is 0.292 e. The van der Waals surface area contributed by atoms with E-state index in [4.69, 9.17) is 5.73 Å². The Morgan fingerprint density at radius 3 is 2.80 bits per heavy atom. The van der Waals surface area contributed by atoms with Gasteiger partial charge in [0.25, 0.3) is 5.69 Å². The number of nitrogens with one attached hydrogen (secondary N) is 1. The van der Waals surface area contributed by atoms with Crippen LogP contribution in [0.4, 0.5) is 11.4 Å². The van der Waals surface area contributed by atoms with Gasteiger partial charge in [-0.25, -0.2) is 0 Å². The van der Waals surface area contributed by atoms with Crippen LogP contribution in [0.3, 0.4) is 0 Å². The number of hydrogen-bond donors (Lipinski definition) is 2. The Hall–Kier alpha value is -1.88. The summed E-state index contributed by atoms with van der Waals surface area (Å²) in [5.74, 6) is 0. The normalized spacial score (nSPS) is 10.5. The molecule has 0 amide bonds. The molecule has 0 saturated heterocycles. The van der Waals surface area contributed by atoms with E-state index < -0.39 is 4.92 Å². The lowest BCUT2D eigenvalue weighted by Gasteiger charge is -2.03. The van der Waals surface area contributed by atoms with Gasteiger partial charge in [0.05, 0.1) is 4.92 Å². The van der Waals surface area contributed by atoms with Gasteiger partial charge >= 0.3 is 0 Å². The van der Waals surface area contributed by atoms with Gasteiger partial charge < -0.3 is 11.1 Å². The molecular formula is C10H13N3O2. The van der Waals surface area contributed by atoms with Gasteiger partial charge in [0.2, 0.25) is 0 Å². The zero-order valence-electron chi connectivity index (χ0n) is 8.22. The van der Waals surface area contributed by atoms with Gasteiger partial charge in [0.15, 0.2) is 0 Å². The van der Waals surface area contributed by atoms with Crippen molar-refractivity contribution in [2.75, 3.05) is 18.4 Å². The predicted octanol–water partition coefficient (Wildman–Crippen LogP) is 1.52. The first-order valence-corrected chi connectivity index (χ1v) is 4.58. The standard InChI is InChI=1S/C10H13N3O2/c11-7-3-4-8-12-9-5-1-2-6-10(9)13(14)15/h1-6,12H,7-8,11H2. The number of para-hydroxylation sites is 2. The molecule has 1 aromatic carbocycles. The summed E-state index contributed by atoms with van der Waals surface area (Å²) in [5.41, 5.74) is 5.86. The number of benzene rings is 1. The lowest BCUT2D eigenvalue weighted by Crippen LogP contribution is -2.02. The molecule has 80 valence electrons. The van der Waals surface area contributed by atoms with E-state index in [0.29, 0.717) is 18.8 Å². The van der Waals surface area contributed by atoms with Crippen molar-refractivity contribution in [1.29, 1.82) is 0 Å². The van der Waals surface area contributed by atoms with Crippen molar-refractivity contribution < 1.29 is 4.92 Å². The van der Waals surface area contributed by atoms with Crippen molar-refractivity contribution in [3.8, 4) is 0 Å². The van der Waals surface area contributed by atoms with Crippen molar-refractivity contribution >= 4 is 11.4 Å². The molecule has 0 bridgehead atoms. The third kappa shape index (κ3) is 3.40. The molecule has 0 radical (unpaired) electrons. The number of rotatable bonds is 5. The minimum atomic E-state index is -0.408. The highest BCUT2D eigenvalue weighted by Crippen LogP contribution is 2.22. The van der Waals surface area contributed by atoms with Crippen LogP contribution in [0.25, 0.3) is 0 Å². The molecule has 5 heteroatoms. The van der Waals surface area contributed by atoms with E-state index >= 15 is 0 Å². The van der Waals surface area contributed by atoms with Crippen LogP contribution >= 0.6 is 0 Å². The van der Waals surface area contributed by atoms with E-state index in [-0.39, 0.29) is 5.69 Å². The summed E-state index contributed by atoms with van der Waals surface area (Å²) in [6.45, 7) is 1.00. The second-order valence-corrected chi connectivity index (χ2v) is 2.86. The largest absolute Gasteiger partial charge is 0.376 e. The number of nitrogens with zero attached hydrogens (tertiary/aromatic N) is 1. The minimum absolute atomic E-state index is 0.0821. The summed E-state index contributed by atoms with van der Waals surface area (Å²) in [6, 6.07) is 6.53. The second kappa shape index (κ2) is 5.77. The Balaban J connectivity index is 2.67. The maximum atomic E-state index is 10.6. The van der Waals surface area contributed by atoms with Crippen molar-refractivity contribution in [1.82, 2.24) is 0 Å². The van der Waals surface area contributed by atoms with Gasteiger partial charge in [-0.2, -0.15) is 0 Å². The summed E-state index contributed by atoms with van der Waals surface area (Å²) in [6.07, 6.45) is 3.62. The first-order valence-electron chi connectivity index (χ1n) is 4.58. The molecule has 1 aromatic rings. The molecule has 0 aliphatic rings. The molecule has 0 saturated carbocycles. The molecule has 0 aliphatic carbocycles. The van der Waals surface area contributed by atoms with Crippen LogP contribution in [0.15, 0.2) is 36.4 Å². The fraction of sp³-hybridized carbons (Fsp3) is 0.200. The molecule has 0 atom stereocenters. The Bertz CT molecular complexity index is 363. The van der Waals surface area contributed by atoms with Crippen LogP contribution in [0.2, 0.25) is 0 Å². The van der Waals surface area contributed by atoms with Crippen LogP contribution in [-0.2, 0) is 0 Å². The third-order valence-electron chi connectivity index (χ3n) is 1.81. The summed E-state index contributed by atoms with van der Waals surface area (Å²) in [5, 5.41) is 13.6. The monoisotopic (exact) mass is 207 g/mol. The first-order chi connectivity index (χ1) is 7.25. The van der Waals surface area contributed by atoms with Crippen molar-refractivity contribution in [3.63, 3.8) is 0 Å². The smallest absolute Gasteiger partial charge is 0.292 e. The van der Waals surface area contributed by atoms with E-state index in [9.17, 15) is 10.1 Å². The van der Waals surface area contributed by atoms with E-state index in [1.54, 1.807) is 24.3 Å². The quantitative estimate of drug-likeness (QED) is 0.435. The summed E-state index contributed by atoms with van der Waals surface area (Å²) < 4.78 is 0. The topological polar surface area (TPSA) is 81.2 Å². The summed E-state index contributed by atoms with van der Waals surface area (Å²) >= 11 is 0. The number of nitrogens with two attached hydrogens (primary N) is 1. The molecule has 5 nitrogen and oxygen atoms in total. The summed E-state index contributed by atoms with van der Waals surface area (Å²) in [4.78, 5) is 10.2. The molecule has 0 spiro atoms. The lowest BCUT2D eigenvalue weighted by molar-refractivity contribution is -0.383. The zero-order valence-corrected chi connectivity index (χ0v) is 8.22. The molecule has 3 N–H and O–H groups in total. The Labute approximate surface area is 87.7 Å². The predicted molar refractivity (Wildman–Crippen MR) is 59.8 cm³/mol. The van der Waals surface area contributed by atoms with E-state index in [1.165, 1.54) is 6.07 Å². The Kier molecular flexibility index (Phi) is 4.30. The maximum absolute atomic E-state index is 10.6. The average Bonchev–Trinajstić information content (AvgIpc) is 2.25. The van der Waals surface area contributed by atoms with Crippen LogP contribution in [0, 0.1) is 10.1 Å². The molecule has 1 rings (SSSR count). The van der Waals surface area contributed by atoms with Gasteiger partial charge in [-0.1, -0.05) is 24.3 Å². The third-order valence-corrected chi connectivity index (χ3v) is 1.81. The highest BCUT2D eigenvalue weighted by atomic mass is 16.6. The van der Waals surface area contributed by atoms with Gasteiger partial charge in [0.1, 0.15) is 5.69 Å². The minimum Gasteiger partial charge on any atom is -0.376 e. The number of anilines is 1. The fourth-order valence-corrected chi connectivity index (χ4v) is 1.13. The SMILES string of the molecule is NCC=CCNc1ccccc1[N+](=O)[O-]. The highest BCUT2D eigenvalue weighted by Gasteiger charge is 2.10. The second-order valence-electron chi connectivity index (χ2n) is 2.86. The first kappa shape index (κ1) is 11.2. The van der Waals surface area contributed by atoms with Gasteiger partial charge in [-0.15, -0.1) is 0 Å². The number of hydrogen-bond acceptors (Lipinski definition) is 4. The van der Waals surface area contributed by atoms with Crippen LogP contribution in [0.1, 0.15) is 0 Å². The molecule has 15 heavy (non-hydrogen) atoms. The molecule has 0 fully saturated rings. The molecule has 0 unspecified atom stereocenters. The highest BCUT2D eigenvalue weighted by molar-refractivity contribution is 5.61. The lowest BCUT2D eigenvalue weighted by atomic mass is 10.2. The average molecular weight is 207 g/mol. The van der Waals surface area contributed by atoms with Crippen LogP contribution < -0.4 is 11.1 Å². The van der Waals surface area contributed by atoms with Crippen molar-refractivity contribution in [2.24, 2.45) is 5.73 Å². The molecule has 0 aromatic heterocycles. The Morgan fingerprint density at radius 2 is 2.13 bits per heavy atom. The summed E-state index contributed by atoms with van der Waals surface area (Å²) in [7, 11) is 0. The molecule has 0 aliphatic heterocycles.